The van der Waals surface area contributed by atoms with Crippen LogP contribution >= 0.6 is 11.3 Å². The van der Waals surface area contributed by atoms with Crippen molar-refractivity contribution in [2.45, 2.75) is 27.2 Å². The van der Waals surface area contributed by atoms with Gasteiger partial charge in [-0.1, -0.05) is 53.8 Å². The number of thiazole rings is 1. The first kappa shape index (κ1) is 20.6. The summed E-state index contributed by atoms with van der Waals surface area (Å²) in [6.45, 7) is 5.32. The fourth-order valence-electron chi connectivity index (χ4n) is 3.21. The van der Waals surface area contributed by atoms with Gasteiger partial charge in [-0.2, -0.15) is 9.80 Å². The number of aromatic amines is 1. The third kappa shape index (κ3) is 4.44. The second-order valence-corrected chi connectivity index (χ2v) is 8.42. The van der Waals surface area contributed by atoms with Crippen molar-refractivity contribution in [3.8, 4) is 16.4 Å². The fourth-order valence-corrected chi connectivity index (χ4v) is 4.10. The number of azo groups is 1. The van der Waals surface area contributed by atoms with Gasteiger partial charge in [0.15, 0.2) is 5.69 Å². The van der Waals surface area contributed by atoms with E-state index in [1.165, 1.54) is 16.0 Å². The molecule has 31 heavy (non-hydrogen) atoms. The Bertz CT molecular complexity index is 1310. The monoisotopic (exact) mass is 431 g/mol. The number of ketones is 1. The van der Waals surface area contributed by atoms with E-state index in [9.17, 15) is 9.59 Å². The van der Waals surface area contributed by atoms with Gasteiger partial charge in [-0.25, -0.2) is 4.98 Å². The molecule has 0 aliphatic rings. The van der Waals surface area contributed by atoms with E-state index in [-0.39, 0.29) is 17.0 Å². The normalized spacial score (nSPS) is 11.3. The Balaban J connectivity index is 1.62. The molecule has 156 valence electrons. The van der Waals surface area contributed by atoms with Gasteiger partial charge < -0.3 is 0 Å². The number of rotatable bonds is 6. The number of hydrogen-bond donors (Lipinski definition) is 1. The van der Waals surface area contributed by atoms with Gasteiger partial charge in [0, 0.05) is 16.9 Å². The Morgan fingerprint density at radius 1 is 1.06 bits per heavy atom. The summed E-state index contributed by atoms with van der Waals surface area (Å²) in [4.78, 5) is 29.9. The van der Waals surface area contributed by atoms with E-state index in [4.69, 9.17) is 0 Å². The number of H-pyrrole nitrogens is 1. The average Bonchev–Trinajstić information content (AvgIpc) is 3.27. The lowest BCUT2D eigenvalue weighted by Gasteiger charge is -1.97. The van der Waals surface area contributed by atoms with E-state index >= 15 is 0 Å². The molecule has 0 unspecified atom stereocenters. The third-order valence-electron chi connectivity index (χ3n) is 4.72. The zero-order chi connectivity index (χ0) is 22.0. The number of aryl methyl sites for hydroxylation is 2. The topological polar surface area (TPSA) is 92.5 Å². The SMILES string of the molecule is CC(=O)Cc1ccc(N=Nc2c(C)[nH]n(-c3nc(-c4ccccc4)c(C)s3)c2=O)cc1. The van der Waals surface area contributed by atoms with Crippen molar-refractivity contribution >= 4 is 28.5 Å². The summed E-state index contributed by atoms with van der Waals surface area (Å²) < 4.78 is 1.41. The van der Waals surface area contributed by atoms with Crippen molar-refractivity contribution in [1.82, 2.24) is 14.8 Å². The number of Topliss-reactive ketones (excluding diaryl/α,β-unsaturated/α-hetero) is 1. The smallest absolute Gasteiger partial charge is 0.300 e. The van der Waals surface area contributed by atoms with Gasteiger partial charge in [0.05, 0.1) is 17.1 Å². The van der Waals surface area contributed by atoms with Crippen LogP contribution < -0.4 is 5.56 Å². The van der Waals surface area contributed by atoms with Crippen molar-refractivity contribution in [2.75, 3.05) is 0 Å². The average molecular weight is 432 g/mol. The second kappa shape index (κ2) is 8.61. The molecule has 0 aliphatic heterocycles. The van der Waals surface area contributed by atoms with Crippen LogP contribution in [-0.2, 0) is 11.2 Å². The molecule has 4 aromatic rings. The molecular formula is C23H21N5O2S. The Morgan fingerprint density at radius 2 is 1.77 bits per heavy atom. The Kier molecular flexibility index (Phi) is 5.73. The van der Waals surface area contributed by atoms with E-state index in [1.54, 1.807) is 26.0 Å². The standard InChI is InChI=1S/C23H21N5O2S/c1-14(29)13-17-9-11-19(12-10-17)25-26-20-15(2)27-28(22(20)30)23-24-21(16(3)31-23)18-7-5-4-6-8-18/h4-12,27H,13H2,1-3H3. The first-order chi connectivity index (χ1) is 14.9. The van der Waals surface area contributed by atoms with Gasteiger partial charge in [0.1, 0.15) is 5.78 Å². The summed E-state index contributed by atoms with van der Waals surface area (Å²) in [6, 6.07) is 17.1. The molecular weight excluding hydrogens is 410 g/mol. The number of hydrogen-bond acceptors (Lipinski definition) is 6. The zero-order valence-electron chi connectivity index (χ0n) is 17.4. The van der Waals surface area contributed by atoms with Gasteiger partial charge in [0.2, 0.25) is 5.13 Å². The van der Waals surface area contributed by atoms with Crippen LogP contribution in [0, 0.1) is 13.8 Å². The van der Waals surface area contributed by atoms with E-state index in [0.29, 0.717) is 22.9 Å². The molecule has 4 rings (SSSR count). The van der Waals surface area contributed by atoms with E-state index in [1.807, 2.05) is 49.4 Å². The maximum atomic E-state index is 13.0. The Morgan fingerprint density at radius 3 is 2.45 bits per heavy atom. The molecule has 0 bridgehead atoms. The molecule has 0 amide bonds. The van der Waals surface area contributed by atoms with E-state index < -0.39 is 0 Å². The predicted octanol–water partition coefficient (Wildman–Crippen LogP) is 5.45. The summed E-state index contributed by atoms with van der Waals surface area (Å²) in [7, 11) is 0. The van der Waals surface area contributed by atoms with E-state index in [0.717, 1.165) is 21.7 Å². The Hall–Kier alpha value is -3.65. The number of aromatic nitrogens is 3. The highest BCUT2D eigenvalue weighted by Crippen LogP contribution is 2.29. The Labute approximate surface area is 183 Å². The minimum atomic E-state index is -0.303. The van der Waals surface area contributed by atoms with Crippen LogP contribution in [-0.4, -0.2) is 20.5 Å². The first-order valence-electron chi connectivity index (χ1n) is 9.77. The summed E-state index contributed by atoms with van der Waals surface area (Å²) >= 11 is 1.44. The van der Waals surface area contributed by atoms with Crippen LogP contribution in [0.2, 0.25) is 0 Å². The minimum absolute atomic E-state index is 0.103. The van der Waals surface area contributed by atoms with Gasteiger partial charge in [-0.15, -0.1) is 5.11 Å². The van der Waals surface area contributed by atoms with Crippen LogP contribution in [0.4, 0.5) is 11.4 Å². The molecule has 0 saturated carbocycles. The fraction of sp³-hybridized carbons (Fsp3) is 0.174. The molecule has 7 nitrogen and oxygen atoms in total. The zero-order valence-corrected chi connectivity index (χ0v) is 18.2. The molecule has 0 atom stereocenters. The highest BCUT2D eigenvalue weighted by Gasteiger charge is 2.17. The molecule has 8 heteroatoms. The summed E-state index contributed by atoms with van der Waals surface area (Å²) in [5.41, 5.74) is 3.93. The van der Waals surface area contributed by atoms with Gasteiger partial charge >= 0.3 is 5.56 Å². The van der Waals surface area contributed by atoms with Crippen LogP contribution in [0.1, 0.15) is 23.1 Å². The van der Waals surface area contributed by atoms with Crippen LogP contribution in [0.25, 0.3) is 16.4 Å². The highest BCUT2D eigenvalue weighted by molar-refractivity contribution is 7.14. The molecule has 2 heterocycles. The quantitative estimate of drug-likeness (QED) is 0.411. The molecule has 2 aromatic heterocycles. The maximum absolute atomic E-state index is 13.0. The number of carbonyl (C=O) groups is 1. The van der Waals surface area contributed by atoms with E-state index in [2.05, 4.69) is 20.3 Å². The van der Waals surface area contributed by atoms with Gasteiger partial charge in [-0.05, 0) is 38.5 Å². The molecule has 0 saturated heterocycles. The first-order valence-corrected chi connectivity index (χ1v) is 10.6. The molecule has 2 aromatic carbocycles. The largest absolute Gasteiger partial charge is 0.301 e. The van der Waals surface area contributed by atoms with Gasteiger partial charge in [-0.3, -0.25) is 14.7 Å². The van der Waals surface area contributed by atoms with Crippen LogP contribution in [0.5, 0.6) is 0 Å². The molecule has 0 radical (unpaired) electrons. The van der Waals surface area contributed by atoms with Crippen molar-refractivity contribution in [2.24, 2.45) is 10.2 Å². The minimum Gasteiger partial charge on any atom is -0.300 e. The molecule has 1 N–H and O–H groups in total. The number of nitrogens with zero attached hydrogens (tertiary/aromatic N) is 4. The number of benzene rings is 2. The van der Waals surface area contributed by atoms with Crippen molar-refractivity contribution in [3.63, 3.8) is 0 Å². The van der Waals surface area contributed by atoms with Crippen molar-refractivity contribution in [3.05, 3.63) is 81.1 Å². The van der Waals surface area contributed by atoms with Crippen LogP contribution in [0.3, 0.4) is 0 Å². The van der Waals surface area contributed by atoms with Crippen molar-refractivity contribution < 1.29 is 4.79 Å². The number of nitrogens with one attached hydrogen (secondary N) is 1. The highest BCUT2D eigenvalue weighted by atomic mass is 32.1. The predicted molar refractivity (Wildman–Crippen MR) is 122 cm³/mol. The molecule has 0 fully saturated rings. The van der Waals surface area contributed by atoms with Crippen LogP contribution in [0.15, 0.2) is 69.6 Å². The lowest BCUT2D eigenvalue weighted by atomic mass is 10.1. The maximum Gasteiger partial charge on any atom is 0.301 e. The summed E-state index contributed by atoms with van der Waals surface area (Å²) in [5, 5.41) is 12.0. The number of carbonyl (C=O) groups excluding carboxylic acids is 1. The molecule has 0 spiro atoms. The molecule has 0 aliphatic carbocycles. The third-order valence-corrected chi connectivity index (χ3v) is 5.68. The summed E-state index contributed by atoms with van der Waals surface area (Å²) in [6.07, 6.45) is 0.386. The lowest BCUT2D eigenvalue weighted by molar-refractivity contribution is -0.116. The lowest BCUT2D eigenvalue weighted by Crippen LogP contribution is -2.13. The van der Waals surface area contributed by atoms with Gasteiger partial charge in [0.25, 0.3) is 0 Å². The second-order valence-electron chi connectivity index (χ2n) is 7.24. The summed E-state index contributed by atoms with van der Waals surface area (Å²) in [5.74, 6) is 0.103. The van der Waals surface area contributed by atoms with Crippen molar-refractivity contribution in [1.29, 1.82) is 0 Å².